The van der Waals surface area contributed by atoms with E-state index in [1.54, 1.807) is 0 Å². The Hall–Kier alpha value is -1.89. The van der Waals surface area contributed by atoms with Gasteiger partial charge in [-0.3, -0.25) is 10.1 Å². The van der Waals surface area contributed by atoms with E-state index in [0.717, 1.165) is 25.5 Å². The summed E-state index contributed by atoms with van der Waals surface area (Å²) in [5.41, 5.74) is -0.385. The van der Waals surface area contributed by atoms with Gasteiger partial charge in [0.15, 0.2) is 11.6 Å². The third-order valence-electron chi connectivity index (χ3n) is 2.98. The van der Waals surface area contributed by atoms with Gasteiger partial charge in [0.2, 0.25) is 5.75 Å². The Morgan fingerprint density at radius 1 is 1.47 bits per heavy atom. The predicted molar refractivity (Wildman–Crippen MR) is 66.1 cm³/mol. The van der Waals surface area contributed by atoms with Crippen LogP contribution in [0.2, 0.25) is 0 Å². The van der Waals surface area contributed by atoms with E-state index < -0.39 is 10.7 Å². The van der Waals surface area contributed by atoms with Crippen LogP contribution in [0.15, 0.2) is 12.1 Å². The zero-order chi connectivity index (χ0) is 13.8. The molecule has 0 spiro atoms. The van der Waals surface area contributed by atoms with E-state index in [-0.39, 0.29) is 23.3 Å². The lowest BCUT2D eigenvalue weighted by molar-refractivity contribution is -0.386. The van der Waals surface area contributed by atoms with Gasteiger partial charge in [0.1, 0.15) is 6.10 Å². The van der Waals surface area contributed by atoms with Gasteiger partial charge >= 0.3 is 5.69 Å². The number of benzene rings is 1. The molecule has 1 aromatic carbocycles. The van der Waals surface area contributed by atoms with Gasteiger partial charge in [0, 0.05) is 12.6 Å². The summed E-state index contributed by atoms with van der Waals surface area (Å²) in [5.74, 6) is -0.801. The van der Waals surface area contributed by atoms with Crippen LogP contribution in [0.25, 0.3) is 0 Å². The summed E-state index contributed by atoms with van der Waals surface area (Å²) in [7, 11) is 1.30. The zero-order valence-corrected chi connectivity index (χ0v) is 10.5. The minimum absolute atomic E-state index is 0.0388. The van der Waals surface area contributed by atoms with Crippen molar-refractivity contribution in [3.8, 4) is 11.5 Å². The number of nitrogens with zero attached hydrogens (tertiary/aromatic N) is 1. The normalized spacial score (nSPS) is 18.9. The summed E-state index contributed by atoms with van der Waals surface area (Å²) in [4.78, 5) is 10.3. The molecule has 1 N–H and O–H groups in total. The van der Waals surface area contributed by atoms with E-state index in [1.165, 1.54) is 13.2 Å². The maximum atomic E-state index is 13.5. The SMILES string of the molecule is COc1cc(O[C@H]2CCCNC2)c([N+](=O)[O-])cc1F. The molecule has 1 atom stereocenters. The van der Waals surface area contributed by atoms with Crippen LogP contribution in [-0.2, 0) is 0 Å². The number of piperidine rings is 1. The zero-order valence-electron chi connectivity index (χ0n) is 10.5. The number of nitro benzene ring substituents is 1. The first-order chi connectivity index (χ1) is 9.11. The lowest BCUT2D eigenvalue weighted by Gasteiger charge is -2.23. The maximum Gasteiger partial charge on any atom is 0.314 e. The molecule has 1 aliphatic rings. The first-order valence-corrected chi connectivity index (χ1v) is 6.01. The van der Waals surface area contributed by atoms with Crippen LogP contribution in [0.5, 0.6) is 11.5 Å². The average molecular weight is 270 g/mol. The van der Waals surface area contributed by atoms with E-state index in [0.29, 0.717) is 6.54 Å². The molecule has 0 bridgehead atoms. The van der Waals surface area contributed by atoms with Crippen molar-refractivity contribution in [2.75, 3.05) is 20.2 Å². The van der Waals surface area contributed by atoms with Gasteiger partial charge in [0.25, 0.3) is 0 Å². The molecule has 6 nitrogen and oxygen atoms in total. The summed E-state index contributed by atoms with van der Waals surface area (Å²) in [6.07, 6.45) is 1.60. The average Bonchev–Trinajstić information content (AvgIpc) is 2.41. The third kappa shape index (κ3) is 3.11. The fourth-order valence-electron chi connectivity index (χ4n) is 2.02. The second-order valence-corrected chi connectivity index (χ2v) is 4.30. The van der Waals surface area contributed by atoms with Gasteiger partial charge in [-0.25, -0.2) is 4.39 Å². The summed E-state index contributed by atoms with van der Waals surface area (Å²) >= 11 is 0. The summed E-state index contributed by atoms with van der Waals surface area (Å²) in [6.45, 7) is 1.53. The lowest BCUT2D eigenvalue weighted by atomic mass is 10.1. The fourth-order valence-corrected chi connectivity index (χ4v) is 2.02. The number of ether oxygens (including phenoxy) is 2. The summed E-state index contributed by atoms with van der Waals surface area (Å²) in [6, 6.07) is 2.05. The second-order valence-electron chi connectivity index (χ2n) is 4.30. The van der Waals surface area contributed by atoms with Gasteiger partial charge < -0.3 is 14.8 Å². The number of methoxy groups -OCH3 is 1. The molecule has 104 valence electrons. The predicted octanol–water partition coefficient (Wildman–Crippen LogP) is 1.87. The minimum Gasteiger partial charge on any atom is -0.494 e. The molecule has 1 aromatic rings. The maximum absolute atomic E-state index is 13.5. The smallest absolute Gasteiger partial charge is 0.314 e. The van der Waals surface area contributed by atoms with Crippen LogP contribution in [0.1, 0.15) is 12.8 Å². The molecule has 0 aromatic heterocycles. The molecule has 1 heterocycles. The Labute approximate surface area is 109 Å². The van der Waals surface area contributed by atoms with Crippen molar-refractivity contribution in [2.24, 2.45) is 0 Å². The molecule has 0 saturated carbocycles. The number of rotatable bonds is 4. The van der Waals surface area contributed by atoms with E-state index in [1.807, 2.05) is 0 Å². The largest absolute Gasteiger partial charge is 0.494 e. The number of nitro groups is 1. The Morgan fingerprint density at radius 2 is 2.26 bits per heavy atom. The molecule has 2 rings (SSSR count). The molecule has 0 unspecified atom stereocenters. The van der Waals surface area contributed by atoms with E-state index >= 15 is 0 Å². The standard InChI is InChI=1S/C12H15FN2O4/c1-18-11-6-12(10(15(16)17)5-9(11)13)19-8-3-2-4-14-7-8/h5-6,8,14H,2-4,7H2,1H3/t8-/m0/s1. The number of halogens is 1. The molecule has 1 saturated heterocycles. The van der Waals surface area contributed by atoms with Crippen molar-refractivity contribution in [2.45, 2.75) is 18.9 Å². The Kier molecular flexibility index (Phi) is 4.16. The Morgan fingerprint density at radius 3 is 2.84 bits per heavy atom. The number of hydrogen-bond donors (Lipinski definition) is 1. The monoisotopic (exact) mass is 270 g/mol. The van der Waals surface area contributed by atoms with Gasteiger partial charge in [0.05, 0.1) is 18.1 Å². The van der Waals surface area contributed by atoms with E-state index in [2.05, 4.69) is 5.32 Å². The highest BCUT2D eigenvalue weighted by Gasteiger charge is 2.24. The molecular formula is C12H15FN2O4. The van der Waals surface area contributed by atoms with Gasteiger partial charge in [-0.05, 0) is 19.4 Å². The van der Waals surface area contributed by atoms with Crippen molar-refractivity contribution in [1.82, 2.24) is 5.32 Å². The van der Waals surface area contributed by atoms with Crippen LogP contribution in [0, 0.1) is 15.9 Å². The molecule has 1 aliphatic heterocycles. The third-order valence-corrected chi connectivity index (χ3v) is 2.98. The first kappa shape index (κ1) is 13.5. The van der Waals surface area contributed by atoms with Gasteiger partial charge in [-0.2, -0.15) is 0 Å². The summed E-state index contributed by atoms with van der Waals surface area (Å²) < 4.78 is 23.9. The number of nitrogens with one attached hydrogen (secondary N) is 1. The first-order valence-electron chi connectivity index (χ1n) is 6.01. The van der Waals surface area contributed by atoms with Crippen molar-refractivity contribution in [3.63, 3.8) is 0 Å². The molecule has 0 amide bonds. The van der Waals surface area contributed by atoms with Crippen molar-refractivity contribution in [3.05, 3.63) is 28.1 Å². The van der Waals surface area contributed by atoms with Crippen molar-refractivity contribution in [1.29, 1.82) is 0 Å². The van der Waals surface area contributed by atoms with Crippen LogP contribution in [0.4, 0.5) is 10.1 Å². The molecule has 19 heavy (non-hydrogen) atoms. The number of hydrogen-bond acceptors (Lipinski definition) is 5. The molecule has 1 fully saturated rings. The highest BCUT2D eigenvalue weighted by Crippen LogP contribution is 2.34. The minimum atomic E-state index is -0.775. The quantitative estimate of drug-likeness (QED) is 0.668. The topological polar surface area (TPSA) is 73.6 Å². The Bertz CT molecular complexity index is 475. The van der Waals surface area contributed by atoms with E-state index in [9.17, 15) is 14.5 Å². The second kappa shape index (κ2) is 5.83. The highest BCUT2D eigenvalue weighted by molar-refractivity contribution is 5.51. The van der Waals surface area contributed by atoms with Crippen molar-refractivity contribution >= 4 is 5.69 Å². The molecule has 0 radical (unpaired) electrons. The highest BCUT2D eigenvalue weighted by atomic mass is 19.1. The molecular weight excluding hydrogens is 255 g/mol. The van der Waals surface area contributed by atoms with Gasteiger partial charge in [-0.15, -0.1) is 0 Å². The summed E-state index contributed by atoms with van der Waals surface area (Å²) in [5, 5.41) is 14.1. The van der Waals surface area contributed by atoms with Crippen LogP contribution >= 0.6 is 0 Å². The van der Waals surface area contributed by atoms with Gasteiger partial charge in [-0.1, -0.05) is 0 Å². The molecule has 0 aliphatic carbocycles. The van der Waals surface area contributed by atoms with E-state index in [4.69, 9.17) is 9.47 Å². The molecule has 7 heteroatoms. The fraction of sp³-hybridized carbons (Fsp3) is 0.500. The van der Waals surface area contributed by atoms with Crippen molar-refractivity contribution < 1.29 is 18.8 Å². The van der Waals surface area contributed by atoms with Crippen LogP contribution < -0.4 is 14.8 Å². The lowest BCUT2D eigenvalue weighted by Crippen LogP contribution is -2.37. The van der Waals surface area contributed by atoms with Crippen LogP contribution in [0.3, 0.4) is 0 Å². The Balaban J connectivity index is 2.27. The van der Waals surface area contributed by atoms with Crippen LogP contribution in [-0.4, -0.2) is 31.2 Å².